The molecule has 6 nitrogen and oxygen atoms in total. The van der Waals surface area contributed by atoms with Gasteiger partial charge in [0.15, 0.2) is 5.65 Å². The van der Waals surface area contributed by atoms with Crippen molar-refractivity contribution >= 4 is 47.9 Å². The van der Waals surface area contributed by atoms with E-state index < -0.39 is 0 Å². The lowest BCUT2D eigenvalue weighted by Gasteiger charge is -2.26. The summed E-state index contributed by atoms with van der Waals surface area (Å²) < 4.78 is 1.75. The molecule has 2 aliphatic rings. The zero-order chi connectivity index (χ0) is 24.1. The molecule has 1 saturated carbocycles. The van der Waals surface area contributed by atoms with Crippen LogP contribution in [-0.4, -0.2) is 58.3 Å². The highest BCUT2D eigenvalue weighted by Crippen LogP contribution is 2.29. The number of nitrogens with one attached hydrogen (secondary N) is 1. The maximum Gasteiger partial charge on any atom is 0.222 e. The van der Waals surface area contributed by atoms with Crippen molar-refractivity contribution in [2.24, 2.45) is 5.92 Å². The van der Waals surface area contributed by atoms with E-state index in [1.165, 1.54) is 32.1 Å². The molecule has 2 aromatic rings. The molecule has 4 rings (SSSR count). The second kappa shape index (κ2) is 11.4. The van der Waals surface area contributed by atoms with Gasteiger partial charge in [-0.05, 0) is 49.1 Å². The molecule has 2 heterocycles. The number of carbonyl (C=O) groups excluding carboxylic acids is 1. The molecule has 0 aromatic carbocycles. The number of amides is 1. The average Bonchev–Trinajstić information content (AvgIpc) is 3.23. The first-order chi connectivity index (χ1) is 16.5. The summed E-state index contributed by atoms with van der Waals surface area (Å²) in [6.07, 6.45) is 17.2. The third-order valence-corrected chi connectivity index (χ3v) is 7.57. The van der Waals surface area contributed by atoms with Gasteiger partial charge in [-0.25, -0.2) is 4.98 Å². The number of hydrogen-bond donors (Lipinski definition) is 1. The van der Waals surface area contributed by atoms with Gasteiger partial charge in [-0.2, -0.15) is 9.61 Å². The van der Waals surface area contributed by atoms with Gasteiger partial charge in [-0.3, -0.25) is 4.79 Å². The highest BCUT2D eigenvalue weighted by molar-refractivity contribution is 6.36. The summed E-state index contributed by atoms with van der Waals surface area (Å²) in [4.78, 5) is 19.4. The standard InChI is InChI=1S/C26H35BClN5O/c1-3-19(13-14-32(2)25(34)15-18-9-5-4-6-10-18)30-24-16-23(20-11-7-8-12-22(20)28)31-26-21(27)17-29-33(24)26/h7-8,11,16-19,22,30H,3-6,9-10,12-15H2,1-2H3. The molecule has 2 aromatic heterocycles. The summed E-state index contributed by atoms with van der Waals surface area (Å²) in [5.74, 6) is 1.66. The summed E-state index contributed by atoms with van der Waals surface area (Å²) in [7, 11) is 8.09. The van der Waals surface area contributed by atoms with Gasteiger partial charge in [0.1, 0.15) is 13.7 Å². The van der Waals surface area contributed by atoms with Gasteiger partial charge < -0.3 is 10.2 Å². The Bertz CT molecular complexity index is 1060. The Hall–Kier alpha value is -2.28. The van der Waals surface area contributed by atoms with Crippen LogP contribution in [0.5, 0.6) is 0 Å². The van der Waals surface area contributed by atoms with E-state index in [-0.39, 0.29) is 17.3 Å². The van der Waals surface area contributed by atoms with Gasteiger partial charge in [-0.1, -0.05) is 44.4 Å². The zero-order valence-corrected chi connectivity index (χ0v) is 21.1. The lowest BCUT2D eigenvalue weighted by atomic mass is 9.86. The van der Waals surface area contributed by atoms with Crippen LogP contribution < -0.4 is 10.8 Å². The minimum Gasteiger partial charge on any atom is -0.367 e. The molecule has 2 radical (unpaired) electrons. The molecule has 1 fully saturated rings. The van der Waals surface area contributed by atoms with Crippen LogP contribution in [0.15, 0.2) is 30.5 Å². The Morgan fingerprint density at radius 1 is 1.35 bits per heavy atom. The number of aromatic nitrogens is 3. The third-order valence-electron chi connectivity index (χ3n) is 7.16. The number of allylic oxidation sites excluding steroid dienone is 4. The zero-order valence-electron chi connectivity index (χ0n) is 20.3. The van der Waals surface area contributed by atoms with Gasteiger partial charge in [0.25, 0.3) is 0 Å². The maximum atomic E-state index is 12.7. The summed E-state index contributed by atoms with van der Waals surface area (Å²) in [5, 5.41) is 7.95. The van der Waals surface area contributed by atoms with E-state index in [4.69, 9.17) is 24.4 Å². The first-order valence-corrected chi connectivity index (χ1v) is 13.1. The molecule has 8 heteroatoms. The number of fused-ring (bicyclic) bond motifs is 1. The van der Waals surface area contributed by atoms with Gasteiger partial charge >= 0.3 is 0 Å². The van der Waals surface area contributed by atoms with Gasteiger partial charge in [0.05, 0.1) is 11.1 Å². The predicted octanol–water partition coefficient (Wildman–Crippen LogP) is 4.48. The fourth-order valence-electron chi connectivity index (χ4n) is 4.93. The van der Waals surface area contributed by atoms with Crippen molar-refractivity contribution in [3.63, 3.8) is 0 Å². The van der Waals surface area contributed by atoms with Crippen molar-refractivity contribution in [2.45, 2.75) is 76.1 Å². The molecule has 0 saturated heterocycles. The first kappa shape index (κ1) is 24.8. The number of alkyl halides is 1. The maximum absolute atomic E-state index is 12.7. The molecule has 0 spiro atoms. The van der Waals surface area contributed by atoms with Crippen LogP contribution in [-0.2, 0) is 4.79 Å². The number of anilines is 1. The van der Waals surface area contributed by atoms with Gasteiger partial charge in [0, 0.05) is 38.3 Å². The molecule has 2 aliphatic carbocycles. The van der Waals surface area contributed by atoms with Crippen molar-refractivity contribution in [2.75, 3.05) is 18.9 Å². The minimum atomic E-state index is -0.122. The van der Waals surface area contributed by atoms with Crippen molar-refractivity contribution in [3.8, 4) is 0 Å². The first-order valence-electron chi connectivity index (χ1n) is 12.6. The summed E-state index contributed by atoms with van der Waals surface area (Å²) in [6.45, 7) is 2.88. The summed E-state index contributed by atoms with van der Waals surface area (Å²) in [6, 6.07) is 2.18. The number of halogens is 1. The van der Waals surface area contributed by atoms with Crippen LogP contribution in [0, 0.1) is 5.92 Å². The Balaban J connectivity index is 1.45. The molecule has 1 amide bonds. The molecule has 2 atom stereocenters. The van der Waals surface area contributed by atoms with Crippen LogP contribution in [0.4, 0.5) is 5.82 Å². The number of carbonyl (C=O) groups is 1. The summed E-state index contributed by atoms with van der Waals surface area (Å²) >= 11 is 6.58. The second-order valence-corrected chi connectivity index (χ2v) is 10.2. The van der Waals surface area contributed by atoms with Gasteiger partial charge in [-0.15, -0.1) is 11.6 Å². The SMILES string of the molecule is [B]c1cnn2c(NC(CC)CCN(C)C(=O)CC3CCCCC3)cc(C3=CC=CCC3Cl)nc12. The molecule has 0 aliphatic heterocycles. The van der Waals surface area contributed by atoms with Crippen LogP contribution in [0.25, 0.3) is 11.2 Å². The van der Waals surface area contributed by atoms with Crippen molar-refractivity contribution in [3.05, 3.63) is 36.2 Å². The van der Waals surface area contributed by atoms with E-state index >= 15 is 0 Å². The van der Waals surface area contributed by atoms with Gasteiger partial charge in [0.2, 0.25) is 5.91 Å². The average molecular weight is 480 g/mol. The smallest absolute Gasteiger partial charge is 0.222 e. The summed E-state index contributed by atoms with van der Waals surface area (Å²) in [5.41, 5.74) is 2.94. The van der Waals surface area contributed by atoms with E-state index in [1.54, 1.807) is 10.7 Å². The number of nitrogens with zero attached hydrogens (tertiary/aromatic N) is 4. The Morgan fingerprint density at radius 2 is 2.15 bits per heavy atom. The number of hydrogen-bond acceptors (Lipinski definition) is 4. The van der Waals surface area contributed by atoms with Crippen molar-refractivity contribution < 1.29 is 4.79 Å². The van der Waals surface area contributed by atoms with Crippen molar-refractivity contribution in [1.82, 2.24) is 19.5 Å². The fourth-order valence-corrected chi connectivity index (χ4v) is 5.22. The minimum absolute atomic E-state index is 0.122. The molecular weight excluding hydrogens is 445 g/mol. The van der Waals surface area contributed by atoms with Crippen LogP contribution in [0.1, 0.15) is 70.4 Å². The molecule has 180 valence electrons. The van der Waals surface area contributed by atoms with Crippen LogP contribution in [0.3, 0.4) is 0 Å². The molecule has 0 bridgehead atoms. The Labute approximate surface area is 209 Å². The molecule has 34 heavy (non-hydrogen) atoms. The van der Waals surface area contributed by atoms with Crippen LogP contribution >= 0.6 is 11.6 Å². The number of rotatable bonds is 9. The lowest BCUT2D eigenvalue weighted by Crippen LogP contribution is -2.33. The lowest BCUT2D eigenvalue weighted by molar-refractivity contribution is -0.131. The highest BCUT2D eigenvalue weighted by Gasteiger charge is 2.22. The van der Waals surface area contributed by atoms with Crippen LogP contribution in [0.2, 0.25) is 0 Å². The Kier molecular flexibility index (Phi) is 8.35. The third kappa shape index (κ3) is 5.85. The topological polar surface area (TPSA) is 62.5 Å². The molecule has 1 N–H and O–H groups in total. The van der Waals surface area contributed by atoms with E-state index in [0.29, 0.717) is 23.4 Å². The fraction of sp³-hybridized carbons (Fsp3) is 0.577. The van der Waals surface area contributed by atoms with E-state index in [9.17, 15) is 4.79 Å². The Morgan fingerprint density at radius 3 is 2.88 bits per heavy atom. The molecular formula is C26H35BClN5O. The second-order valence-electron chi connectivity index (χ2n) is 9.68. The van der Waals surface area contributed by atoms with Crippen molar-refractivity contribution in [1.29, 1.82) is 0 Å². The largest absolute Gasteiger partial charge is 0.367 e. The monoisotopic (exact) mass is 479 g/mol. The predicted molar refractivity (Wildman–Crippen MR) is 141 cm³/mol. The highest BCUT2D eigenvalue weighted by atomic mass is 35.5. The normalized spacial score (nSPS) is 19.7. The van der Waals surface area contributed by atoms with E-state index in [0.717, 1.165) is 42.9 Å². The van der Waals surface area contributed by atoms with E-state index in [2.05, 4.69) is 23.4 Å². The quantitative estimate of drug-likeness (QED) is 0.425. The molecule has 2 unspecified atom stereocenters. The van der Waals surface area contributed by atoms with E-state index in [1.807, 2.05) is 30.2 Å².